The van der Waals surface area contributed by atoms with Gasteiger partial charge in [-0.15, -0.1) is 0 Å². The number of likely N-dealkylation sites (N-methyl/N-ethyl adjacent to an activating group) is 1. The Balaban J connectivity index is 4.50. The van der Waals surface area contributed by atoms with Gasteiger partial charge in [0.15, 0.2) is 5.78 Å². The topological polar surface area (TPSA) is 125 Å². The van der Waals surface area contributed by atoms with E-state index in [1.54, 1.807) is 20.9 Å². The zero-order valence-corrected chi connectivity index (χ0v) is 22.9. The summed E-state index contributed by atoms with van der Waals surface area (Å²) < 4.78 is 0. The van der Waals surface area contributed by atoms with Crippen LogP contribution in [0.4, 0.5) is 0 Å². The second-order valence-electron chi connectivity index (χ2n) is 11.8. The van der Waals surface area contributed by atoms with Crippen LogP contribution in [0.15, 0.2) is 0 Å². The fraction of sp³-hybridized carbons (Fsp3) is 0.846. The van der Waals surface area contributed by atoms with Crippen molar-refractivity contribution >= 4 is 23.6 Å². The minimum absolute atomic E-state index is 0.0132. The number of hydrogen-bond donors (Lipinski definition) is 4. The smallest absolute Gasteiger partial charge is 0.326 e. The number of carboxylic acid groups (broad SMARTS) is 1. The molecule has 198 valence electrons. The molecular weight excluding hydrogens is 434 g/mol. The quantitative estimate of drug-likeness (QED) is 0.248. The molecule has 8 heteroatoms. The molecule has 0 aromatic heterocycles. The molecule has 8 nitrogen and oxygen atoms in total. The summed E-state index contributed by atoms with van der Waals surface area (Å²) in [6, 6.07) is -1.31. The van der Waals surface area contributed by atoms with Gasteiger partial charge in [-0.05, 0) is 51.0 Å². The Labute approximate surface area is 206 Å². The summed E-state index contributed by atoms with van der Waals surface area (Å²) in [7, 11) is 1.79. The molecule has 0 aromatic rings. The number of carbonyl (C=O) groups is 4. The predicted molar refractivity (Wildman–Crippen MR) is 135 cm³/mol. The van der Waals surface area contributed by atoms with Crippen molar-refractivity contribution in [2.24, 2.45) is 16.2 Å². The Bertz CT molecular complexity index is 695. The van der Waals surface area contributed by atoms with E-state index >= 15 is 0 Å². The number of carboxylic acids is 1. The Kier molecular flexibility index (Phi) is 13.0. The van der Waals surface area contributed by atoms with Crippen LogP contribution < -0.4 is 16.0 Å². The standard InChI is InChI=1S/C26H49N3O5/c1-10-25(5,6)21(31)18(27-9)13-11-12-16-28-20(30)15-14-19(22(32)33)29-23(34)26(7,8)17-24(2,3)4/h18-19,27H,10-17H2,1-9H3,(H,28,30)(H,29,34)(H,32,33)/t18-,19-/m0/s1. The summed E-state index contributed by atoms with van der Waals surface area (Å²) in [6.45, 7) is 16.1. The SMILES string of the molecule is CCC(C)(C)C(=O)[C@H](CCCCNC(=O)CC[C@H](NC(=O)C(C)(C)CC(C)(C)C)C(=O)O)NC. The van der Waals surface area contributed by atoms with Gasteiger partial charge in [0.2, 0.25) is 11.8 Å². The van der Waals surface area contributed by atoms with E-state index in [0.29, 0.717) is 19.4 Å². The third kappa shape index (κ3) is 12.0. The monoisotopic (exact) mass is 483 g/mol. The van der Waals surface area contributed by atoms with Gasteiger partial charge in [-0.3, -0.25) is 14.4 Å². The lowest BCUT2D eigenvalue weighted by atomic mass is 9.75. The second-order valence-corrected chi connectivity index (χ2v) is 11.8. The van der Waals surface area contributed by atoms with Gasteiger partial charge in [-0.25, -0.2) is 4.79 Å². The number of amides is 2. The first-order valence-corrected chi connectivity index (χ1v) is 12.5. The van der Waals surface area contributed by atoms with E-state index in [1.807, 2.05) is 41.5 Å². The van der Waals surface area contributed by atoms with E-state index in [-0.39, 0.29) is 47.3 Å². The highest BCUT2D eigenvalue weighted by molar-refractivity contribution is 5.89. The van der Waals surface area contributed by atoms with E-state index in [2.05, 4.69) is 16.0 Å². The lowest BCUT2D eigenvalue weighted by Gasteiger charge is -2.32. The number of hydrogen-bond acceptors (Lipinski definition) is 5. The molecule has 0 saturated carbocycles. The highest BCUT2D eigenvalue weighted by Gasteiger charge is 2.35. The molecule has 0 radical (unpaired) electrons. The summed E-state index contributed by atoms with van der Waals surface area (Å²) in [4.78, 5) is 49.1. The molecule has 0 aliphatic rings. The largest absolute Gasteiger partial charge is 0.480 e. The Hall–Kier alpha value is -1.96. The van der Waals surface area contributed by atoms with E-state index in [1.165, 1.54) is 0 Å². The lowest BCUT2D eigenvalue weighted by Crippen LogP contribution is -2.48. The minimum Gasteiger partial charge on any atom is -0.480 e. The zero-order valence-electron chi connectivity index (χ0n) is 22.9. The van der Waals surface area contributed by atoms with Crippen LogP contribution in [-0.2, 0) is 19.2 Å². The molecule has 0 unspecified atom stereocenters. The Morgan fingerprint density at radius 1 is 0.853 bits per heavy atom. The molecule has 0 heterocycles. The Morgan fingerprint density at radius 2 is 1.44 bits per heavy atom. The Morgan fingerprint density at radius 3 is 1.91 bits per heavy atom. The van der Waals surface area contributed by atoms with Crippen LogP contribution in [0.3, 0.4) is 0 Å². The first-order valence-electron chi connectivity index (χ1n) is 12.5. The van der Waals surface area contributed by atoms with Crippen LogP contribution in [-0.4, -0.2) is 54.3 Å². The number of carbonyl (C=O) groups excluding carboxylic acids is 3. The van der Waals surface area contributed by atoms with Gasteiger partial charge < -0.3 is 21.1 Å². The molecule has 0 aromatic carbocycles. The summed E-state index contributed by atoms with van der Waals surface area (Å²) in [5.74, 6) is -1.52. The van der Waals surface area contributed by atoms with E-state index in [4.69, 9.17) is 0 Å². The van der Waals surface area contributed by atoms with Gasteiger partial charge in [-0.2, -0.15) is 0 Å². The first kappa shape index (κ1) is 32.0. The van der Waals surface area contributed by atoms with Crippen molar-refractivity contribution in [2.45, 2.75) is 112 Å². The van der Waals surface area contributed by atoms with Crippen LogP contribution in [0.1, 0.15) is 100 Å². The van der Waals surface area contributed by atoms with Crippen molar-refractivity contribution in [3.05, 3.63) is 0 Å². The van der Waals surface area contributed by atoms with Crippen molar-refractivity contribution in [3.63, 3.8) is 0 Å². The number of rotatable bonds is 16. The van der Waals surface area contributed by atoms with Crippen molar-refractivity contribution in [2.75, 3.05) is 13.6 Å². The van der Waals surface area contributed by atoms with Gasteiger partial charge in [0.05, 0.1) is 6.04 Å². The predicted octanol–water partition coefficient (Wildman–Crippen LogP) is 3.68. The highest BCUT2D eigenvalue weighted by atomic mass is 16.4. The van der Waals surface area contributed by atoms with Crippen LogP contribution in [0.25, 0.3) is 0 Å². The van der Waals surface area contributed by atoms with Crippen LogP contribution in [0.2, 0.25) is 0 Å². The molecule has 0 fully saturated rings. The molecule has 2 amide bonds. The van der Waals surface area contributed by atoms with Gasteiger partial charge in [0, 0.05) is 23.8 Å². The maximum Gasteiger partial charge on any atom is 0.326 e. The summed E-state index contributed by atoms with van der Waals surface area (Å²) in [5, 5.41) is 18.0. The maximum absolute atomic E-state index is 12.7. The van der Waals surface area contributed by atoms with Crippen molar-refractivity contribution in [3.8, 4) is 0 Å². The number of Topliss-reactive ketones (excluding diaryl/α,β-unsaturated/α-hetero) is 1. The summed E-state index contributed by atoms with van der Waals surface area (Å²) in [5.41, 5.74) is -1.15. The zero-order chi connectivity index (χ0) is 26.7. The number of nitrogens with one attached hydrogen (secondary N) is 3. The average Bonchev–Trinajstić information content (AvgIpc) is 2.70. The minimum atomic E-state index is -1.15. The fourth-order valence-electron chi connectivity index (χ4n) is 4.13. The fourth-order valence-corrected chi connectivity index (χ4v) is 4.13. The molecule has 0 aliphatic heterocycles. The average molecular weight is 484 g/mol. The van der Waals surface area contributed by atoms with Gasteiger partial charge >= 0.3 is 5.97 Å². The van der Waals surface area contributed by atoms with Gasteiger partial charge in [0.1, 0.15) is 6.04 Å². The molecule has 0 spiro atoms. The molecule has 0 rings (SSSR count). The third-order valence-corrected chi connectivity index (χ3v) is 6.31. The normalized spacial score (nSPS) is 14.3. The second kappa shape index (κ2) is 13.8. The van der Waals surface area contributed by atoms with E-state index in [0.717, 1.165) is 19.3 Å². The molecule has 0 saturated heterocycles. The number of aliphatic carboxylic acids is 1. The molecule has 0 bridgehead atoms. The summed E-state index contributed by atoms with van der Waals surface area (Å²) >= 11 is 0. The van der Waals surface area contributed by atoms with Crippen LogP contribution >= 0.6 is 0 Å². The van der Waals surface area contributed by atoms with Gasteiger partial charge in [0.25, 0.3) is 0 Å². The van der Waals surface area contributed by atoms with Crippen molar-refractivity contribution in [1.82, 2.24) is 16.0 Å². The number of ketones is 1. The highest BCUT2D eigenvalue weighted by Crippen LogP contribution is 2.33. The van der Waals surface area contributed by atoms with E-state index in [9.17, 15) is 24.3 Å². The molecule has 2 atom stereocenters. The molecular formula is C26H49N3O5. The lowest BCUT2D eigenvalue weighted by molar-refractivity contribution is -0.144. The van der Waals surface area contributed by atoms with Crippen molar-refractivity contribution in [1.29, 1.82) is 0 Å². The third-order valence-electron chi connectivity index (χ3n) is 6.31. The first-order chi connectivity index (χ1) is 15.5. The molecule has 34 heavy (non-hydrogen) atoms. The van der Waals surface area contributed by atoms with Crippen molar-refractivity contribution < 1.29 is 24.3 Å². The summed E-state index contributed by atoms with van der Waals surface area (Å²) in [6.07, 6.45) is 3.64. The van der Waals surface area contributed by atoms with E-state index < -0.39 is 17.4 Å². The molecule has 0 aliphatic carbocycles. The van der Waals surface area contributed by atoms with Crippen LogP contribution in [0, 0.1) is 16.2 Å². The maximum atomic E-state index is 12.7. The molecule has 4 N–H and O–H groups in total. The number of unbranched alkanes of at least 4 members (excludes halogenated alkanes) is 1. The van der Waals surface area contributed by atoms with Crippen LogP contribution in [0.5, 0.6) is 0 Å². The van der Waals surface area contributed by atoms with Gasteiger partial charge in [-0.1, -0.05) is 55.4 Å².